The van der Waals surface area contributed by atoms with Crippen molar-refractivity contribution in [2.75, 3.05) is 11.9 Å². The molecule has 0 radical (unpaired) electrons. The van der Waals surface area contributed by atoms with Crippen molar-refractivity contribution in [2.24, 2.45) is 0 Å². The lowest BCUT2D eigenvalue weighted by Gasteiger charge is -2.21. The Bertz CT molecular complexity index is 525. The lowest BCUT2D eigenvalue weighted by molar-refractivity contribution is 0.199. The van der Waals surface area contributed by atoms with Crippen LogP contribution in [-0.2, 0) is 0 Å². The van der Waals surface area contributed by atoms with Gasteiger partial charge >= 0.3 is 0 Å². The third-order valence-electron chi connectivity index (χ3n) is 2.96. The van der Waals surface area contributed by atoms with Crippen LogP contribution in [0.15, 0.2) is 53.0 Å². The van der Waals surface area contributed by atoms with Crippen molar-refractivity contribution in [1.82, 2.24) is 0 Å². The van der Waals surface area contributed by atoms with Gasteiger partial charge in [0.05, 0.1) is 11.8 Å². The van der Waals surface area contributed by atoms with Crippen molar-refractivity contribution >= 4 is 27.3 Å². The molecule has 0 bridgehead atoms. The molecule has 2 aromatic carbocycles. The number of halogens is 1. The van der Waals surface area contributed by atoms with Crippen molar-refractivity contribution in [3.8, 4) is 0 Å². The van der Waals surface area contributed by atoms with Gasteiger partial charge in [0.15, 0.2) is 0 Å². The van der Waals surface area contributed by atoms with Crippen molar-refractivity contribution in [1.29, 1.82) is 0 Å². The van der Waals surface area contributed by atoms with E-state index in [0.29, 0.717) is 0 Å². The Morgan fingerprint density at radius 1 is 1.11 bits per heavy atom. The first-order valence-electron chi connectivity index (χ1n) is 5.86. The van der Waals surface area contributed by atoms with Gasteiger partial charge in [-0.15, -0.1) is 0 Å². The highest BCUT2D eigenvalue weighted by atomic mass is 79.9. The molecule has 1 atom stereocenters. The van der Waals surface area contributed by atoms with E-state index in [1.165, 1.54) is 0 Å². The van der Waals surface area contributed by atoms with Crippen molar-refractivity contribution in [2.45, 2.75) is 13.0 Å². The first kappa shape index (κ1) is 13.1. The van der Waals surface area contributed by atoms with Crippen LogP contribution in [-0.4, -0.2) is 12.2 Å². The predicted octanol–water partition coefficient (Wildman–Crippen LogP) is 4.27. The third kappa shape index (κ3) is 2.74. The van der Waals surface area contributed by atoms with Crippen molar-refractivity contribution in [3.05, 3.63) is 58.6 Å². The first-order valence-corrected chi connectivity index (χ1v) is 6.65. The number of hydrogen-bond acceptors (Lipinski definition) is 2. The molecular weight excluding hydrogens is 290 g/mol. The molecule has 0 spiro atoms. The largest absolute Gasteiger partial charge is 0.389 e. The molecule has 1 unspecified atom stereocenters. The number of para-hydroxylation sites is 1. The molecular formula is C15H16BrNO. The summed E-state index contributed by atoms with van der Waals surface area (Å²) in [4.78, 5) is 2.11. The second-order valence-corrected chi connectivity index (χ2v) is 5.14. The highest BCUT2D eigenvalue weighted by Gasteiger charge is 2.09. The van der Waals surface area contributed by atoms with E-state index in [9.17, 15) is 5.11 Å². The number of hydrogen-bond donors (Lipinski definition) is 1. The Hall–Kier alpha value is -1.32. The summed E-state index contributed by atoms with van der Waals surface area (Å²) in [6, 6.07) is 16.1. The van der Waals surface area contributed by atoms with Crippen LogP contribution in [0.5, 0.6) is 0 Å². The molecule has 1 N–H and O–H groups in total. The zero-order valence-electron chi connectivity index (χ0n) is 10.5. The zero-order valence-corrected chi connectivity index (χ0v) is 12.1. The summed E-state index contributed by atoms with van der Waals surface area (Å²) in [5.74, 6) is 0. The Labute approximate surface area is 116 Å². The monoisotopic (exact) mass is 305 g/mol. The van der Waals surface area contributed by atoms with E-state index in [2.05, 4.69) is 33.0 Å². The normalized spacial score (nSPS) is 12.2. The zero-order chi connectivity index (χ0) is 13.1. The van der Waals surface area contributed by atoms with E-state index in [-0.39, 0.29) is 0 Å². The topological polar surface area (TPSA) is 23.5 Å². The fraction of sp³-hybridized carbons (Fsp3) is 0.200. The second-order valence-electron chi connectivity index (χ2n) is 4.28. The van der Waals surface area contributed by atoms with E-state index >= 15 is 0 Å². The molecule has 2 nitrogen and oxygen atoms in total. The van der Waals surface area contributed by atoms with Crippen molar-refractivity contribution < 1.29 is 5.11 Å². The molecule has 0 aliphatic rings. The quantitative estimate of drug-likeness (QED) is 0.915. The van der Waals surface area contributed by atoms with E-state index < -0.39 is 6.10 Å². The number of aliphatic hydroxyl groups is 1. The van der Waals surface area contributed by atoms with Crippen LogP contribution in [0.2, 0.25) is 0 Å². The fourth-order valence-electron chi connectivity index (χ4n) is 1.85. The van der Waals surface area contributed by atoms with Crippen LogP contribution in [0, 0.1) is 0 Å². The van der Waals surface area contributed by atoms with Gasteiger partial charge in [0.1, 0.15) is 0 Å². The Kier molecular flexibility index (Phi) is 4.04. The number of aliphatic hydroxyl groups excluding tert-OH is 1. The molecule has 2 rings (SSSR count). The Morgan fingerprint density at radius 3 is 2.33 bits per heavy atom. The summed E-state index contributed by atoms with van der Waals surface area (Å²) in [6.07, 6.45) is -0.447. The van der Waals surface area contributed by atoms with Gasteiger partial charge in [0.2, 0.25) is 0 Å². The molecule has 0 aromatic heterocycles. The molecule has 18 heavy (non-hydrogen) atoms. The summed E-state index contributed by atoms with van der Waals surface area (Å²) in [7, 11) is 2.03. The summed E-state index contributed by atoms with van der Waals surface area (Å²) in [5, 5.41) is 9.56. The van der Waals surface area contributed by atoms with Crippen LogP contribution >= 0.6 is 15.9 Å². The summed E-state index contributed by atoms with van der Waals surface area (Å²) >= 11 is 3.56. The van der Waals surface area contributed by atoms with E-state index in [0.717, 1.165) is 21.4 Å². The summed E-state index contributed by atoms with van der Waals surface area (Å²) < 4.78 is 0.979. The lowest BCUT2D eigenvalue weighted by atomic mass is 10.1. The minimum absolute atomic E-state index is 0.447. The lowest BCUT2D eigenvalue weighted by Crippen LogP contribution is -2.10. The maximum atomic E-state index is 9.56. The molecule has 0 fully saturated rings. The number of nitrogens with zero attached hydrogens (tertiary/aromatic N) is 1. The van der Waals surface area contributed by atoms with Gasteiger partial charge in [-0.25, -0.2) is 0 Å². The summed E-state index contributed by atoms with van der Waals surface area (Å²) in [5.41, 5.74) is 3.11. The van der Waals surface area contributed by atoms with E-state index in [1.54, 1.807) is 6.92 Å². The SMILES string of the molecule is CC(O)c1ccc(N(C)c2ccccc2)c(Br)c1. The maximum absolute atomic E-state index is 9.56. The number of anilines is 2. The van der Waals surface area contributed by atoms with Crippen molar-refractivity contribution in [3.63, 3.8) is 0 Å². The van der Waals surface area contributed by atoms with Gasteiger partial charge in [0.25, 0.3) is 0 Å². The van der Waals surface area contributed by atoms with E-state index in [4.69, 9.17) is 0 Å². The van der Waals surface area contributed by atoms with Gasteiger partial charge in [-0.05, 0) is 52.7 Å². The number of rotatable bonds is 3. The molecule has 94 valence electrons. The Balaban J connectivity index is 2.34. The van der Waals surface area contributed by atoms with Crippen LogP contribution in [0.25, 0.3) is 0 Å². The fourth-order valence-corrected chi connectivity index (χ4v) is 2.51. The summed E-state index contributed by atoms with van der Waals surface area (Å²) in [6.45, 7) is 1.77. The van der Waals surface area contributed by atoms with Crippen LogP contribution in [0.1, 0.15) is 18.6 Å². The highest BCUT2D eigenvalue weighted by Crippen LogP contribution is 2.32. The predicted molar refractivity (Wildman–Crippen MR) is 79.3 cm³/mol. The average Bonchev–Trinajstić information content (AvgIpc) is 2.38. The minimum Gasteiger partial charge on any atom is -0.389 e. The second kappa shape index (κ2) is 5.55. The van der Waals surface area contributed by atoms with E-state index in [1.807, 2.05) is 43.4 Å². The molecule has 0 aliphatic carbocycles. The van der Waals surface area contributed by atoms with Crippen LogP contribution in [0.3, 0.4) is 0 Å². The molecule has 0 aliphatic heterocycles. The molecule has 0 saturated carbocycles. The maximum Gasteiger partial charge on any atom is 0.0762 e. The molecule has 3 heteroatoms. The molecule has 0 heterocycles. The van der Waals surface area contributed by atoms with Gasteiger partial charge < -0.3 is 10.0 Å². The highest BCUT2D eigenvalue weighted by molar-refractivity contribution is 9.10. The minimum atomic E-state index is -0.447. The van der Waals surface area contributed by atoms with Crippen LogP contribution < -0.4 is 4.90 Å². The average molecular weight is 306 g/mol. The Morgan fingerprint density at radius 2 is 1.78 bits per heavy atom. The molecule has 0 amide bonds. The first-order chi connectivity index (χ1) is 8.59. The standard InChI is InChI=1S/C15H16BrNO/c1-11(18)12-8-9-15(14(16)10-12)17(2)13-6-4-3-5-7-13/h3-11,18H,1-2H3. The van der Waals surface area contributed by atoms with Gasteiger partial charge in [0, 0.05) is 17.2 Å². The third-order valence-corrected chi connectivity index (χ3v) is 3.59. The molecule has 0 saturated heterocycles. The smallest absolute Gasteiger partial charge is 0.0762 e. The number of benzene rings is 2. The molecule has 2 aromatic rings. The van der Waals surface area contributed by atoms with Crippen LogP contribution in [0.4, 0.5) is 11.4 Å². The van der Waals surface area contributed by atoms with Gasteiger partial charge in [-0.3, -0.25) is 0 Å². The van der Waals surface area contributed by atoms with Gasteiger partial charge in [-0.2, -0.15) is 0 Å². The van der Waals surface area contributed by atoms with Gasteiger partial charge in [-0.1, -0.05) is 24.3 Å².